The monoisotopic (exact) mass is 331 g/mol. The lowest BCUT2D eigenvalue weighted by Crippen LogP contribution is -1.95. The molecule has 2 aromatic carbocycles. The van der Waals surface area contributed by atoms with Crippen LogP contribution in [0, 0.1) is 5.41 Å². The number of aliphatic imine (C=N–C) groups is 1. The van der Waals surface area contributed by atoms with Gasteiger partial charge in [0.2, 0.25) is 0 Å². The minimum Gasteiger partial charge on any atom is -0.398 e. The van der Waals surface area contributed by atoms with Gasteiger partial charge in [0.1, 0.15) is 6.34 Å². The number of nitrogens with one attached hydrogen (secondary N) is 1. The third-order valence-electron chi connectivity index (χ3n) is 3.32. The zero-order chi connectivity index (χ0) is 17.9. The van der Waals surface area contributed by atoms with E-state index < -0.39 is 0 Å². The van der Waals surface area contributed by atoms with Crippen LogP contribution in [0.3, 0.4) is 0 Å². The predicted molar refractivity (Wildman–Crippen MR) is 105 cm³/mol. The van der Waals surface area contributed by atoms with Crippen molar-refractivity contribution in [3.8, 4) is 11.3 Å². The molecule has 0 fully saturated rings. The molecule has 1 heterocycles. The molecule has 0 amide bonds. The summed E-state index contributed by atoms with van der Waals surface area (Å²) >= 11 is 0. The molecule has 0 saturated heterocycles. The predicted octanol–water partition coefficient (Wildman–Crippen LogP) is 3.69. The van der Waals surface area contributed by atoms with E-state index in [1.54, 1.807) is 25.5 Å². The molecule has 0 bridgehead atoms. The van der Waals surface area contributed by atoms with Gasteiger partial charge in [-0.05, 0) is 17.7 Å². The zero-order valence-corrected chi connectivity index (χ0v) is 14.1. The van der Waals surface area contributed by atoms with Gasteiger partial charge in [-0.1, -0.05) is 60.7 Å². The van der Waals surface area contributed by atoms with E-state index >= 15 is 0 Å². The first kappa shape index (κ1) is 17.9. The van der Waals surface area contributed by atoms with Crippen LogP contribution in [0.25, 0.3) is 17.0 Å². The molecule has 5 nitrogen and oxygen atoms in total. The Balaban J connectivity index is 0.000000181. The fraction of sp³-hybridized carbons (Fsp3) is 0.0500. The van der Waals surface area contributed by atoms with Gasteiger partial charge in [-0.3, -0.25) is 10.4 Å². The minimum atomic E-state index is 0.737. The number of benzene rings is 2. The van der Waals surface area contributed by atoms with Crippen molar-refractivity contribution in [3.63, 3.8) is 0 Å². The Morgan fingerprint density at radius 2 is 1.68 bits per heavy atom. The lowest BCUT2D eigenvalue weighted by atomic mass is 10.1. The number of hydrogen-bond donors (Lipinski definition) is 2. The molecule has 0 aliphatic carbocycles. The van der Waals surface area contributed by atoms with E-state index in [4.69, 9.17) is 11.1 Å². The minimum absolute atomic E-state index is 0.737. The number of hydrogen-bond acceptors (Lipinski definition) is 4. The van der Waals surface area contributed by atoms with Crippen molar-refractivity contribution in [2.45, 2.75) is 0 Å². The molecule has 3 rings (SSSR count). The molecule has 0 atom stereocenters. The second-order valence-corrected chi connectivity index (χ2v) is 5.07. The van der Waals surface area contributed by atoms with E-state index in [1.807, 2.05) is 66.7 Å². The Morgan fingerprint density at radius 1 is 1.04 bits per heavy atom. The fourth-order valence-electron chi connectivity index (χ4n) is 2.05. The van der Waals surface area contributed by atoms with Gasteiger partial charge in [0.05, 0.1) is 5.69 Å². The second kappa shape index (κ2) is 9.62. The van der Waals surface area contributed by atoms with Crippen LogP contribution in [0.4, 0.5) is 0 Å². The van der Waals surface area contributed by atoms with Crippen LogP contribution in [-0.4, -0.2) is 29.4 Å². The molecule has 126 valence electrons. The SMILES string of the molecule is CN=C/C=C(\N)c1ccccc1.N=Cn1ccc(-c2ccccc2)n1. The molecule has 25 heavy (non-hydrogen) atoms. The Bertz CT molecular complexity index is 833. The maximum atomic E-state index is 6.99. The summed E-state index contributed by atoms with van der Waals surface area (Å²) in [7, 11) is 1.72. The average molecular weight is 331 g/mol. The summed E-state index contributed by atoms with van der Waals surface area (Å²) in [6.07, 6.45) is 6.40. The molecular formula is C20H21N5. The molecule has 5 heteroatoms. The number of nitrogens with two attached hydrogens (primary N) is 1. The highest BCUT2D eigenvalue weighted by atomic mass is 15.3. The molecule has 0 saturated carbocycles. The van der Waals surface area contributed by atoms with Crippen LogP contribution in [0.15, 0.2) is 84.0 Å². The lowest BCUT2D eigenvalue weighted by molar-refractivity contribution is 0.954. The van der Waals surface area contributed by atoms with Gasteiger partial charge in [-0.25, -0.2) is 4.68 Å². The highest BCUT2D eigenvalue weighted by Gasteiger charge is 1.98. The average Bonchev–Trinajstić information content (AvgIpc) is 3.17. The topological polar surface area (TPSA) is 80.0 Å². The number of nitrogens with zero attached hydrogens (tertiary/aromatic N) is 3. The largest absolute Gasteiger partial charge is 0.398 e. The van der Waals surface area contributed by atoms with E-state index in [0.29, 0.717) is 0 Å². The first-order valence-electron chi connectivity index (χ1n) is 7.79. The van der Waals surface area contributed by atoms with E-state index in [1.165, 1.54) is 11.0 Å². The van der Waals surface area contributed by atoms with Gasteiger partial charge in [-0.15, -0.1) is 0 Å². The summed E-state index contributed by atoms with van der Waals surface area (Å²) in [5.41, 5.74) is 9.48. The lowest BCUT2D eigenvalue weighted by Gasteiger charge is -1.97. The second-order valence-electron chi connectivity index (χ2n) is 5.07. The molecule has 0 unspecified atom stereocenters. The number of aromatic nitrogens is 2. The maximum absolute atomic E-state index is 6.99. The van der Waals surface area contributed by atoms with E-state index in [-0.39, 0.29) is 0 Å². The van der Waals surface area contributed by atoms with Crippen molar-refractivity contribution in [2.24, 2.45) is 10.7 Å². The van der Waals surface area contributed by atoms with Gasteiger partial charge >= 0.3 is 0 Å². The van der Waals surface area contributed by atoms with E-state index in [2.05, 4.69) is 10.1 Å². The molecule has 0 aliphatic heterocycles. The standard InChI is InChI=1S/C10H9N3.C10H12N2/c11-8-13-7-6-10(12-13)9-4-2-1-3-5-9;1-12-8-7-10(11)9-5-3-2-4-6-9/h1-8,11H;2-8H,11H2,1H3/b;10-7-,12-8?. The Labute approximate surface area is 147 Å². The molecule has 0 radical (unpaired) electrons. The smallest absolute Gasteiger partial charge is 0.108 e. The first-order chi connectivity index (χ1) is 12.2. The third kappa shape index (κ3) is 5.58. The highest BCUT2D eigenvalue weighted by molar-refractivity contribution is 5.83. The first-order valence-corrected chi connectivity index (χ1v) is 7.79. The van der Waals surface area contributed by atoms with Gasteiger partial charge in [0, 0.05) is 30.7 Å². The van der Waals surface area contributed by atoms with Gasteiger partial charge < -0.3 is 5.73 Å². The molecular weight excluding hydrogens is 310 g/mol. The third-order valence-corrected chi connectivity index (χ3v) is 3.32. The molecule has 3 N–H and O–H groups in total. The fourth-order valence-corrected chi connectivity index (χ4v) is 2.05. The van der Waals surface area contributed by atoms with Crippen LogP contribution in [0.1, 0.15) is 5.56 Å². The van der Waals surface area contributed by atoms with Crippen LogP contribution < -0.4 is 5.73 Å². The van der Waals surface area contributed by atoms with Crippen LogP contribution in [0.5, 0.6) is 0 Å². The Hall–Kier alpha value is -3.47. The summed E-state index contributed by atoms with van der Waals surface area (Å²) in [5.74, 6) is 0. The summed E-state index contributed by atoms with van der Waals surface area (Å²) in [6.45, 7) is 0. The molecule has 0 aliphatic rings. The Kier molecular flexibility index (Phi) is 6.88. The summed E-state index contributed by atoms with van der Waals surface area (Å²) in [5, 5.41) is 11.2. The summed E-state index contributed by atoms with van der Waals surface area (Å²) < 4.78 is 1.47. The Morgan fingerprint density at radius 3 is 2.24 bits per heavy atom. The zero-order valence-electron chi connectivity index (χ0n) is 14.1. The van der Waals surface area contributed by atoms with Crippen molar-refractivity contribution in [1.82, 2.24) is 9.78 Å². The van der Waals surface area contributed by atoms with Crippen LogP contribution >= 0.6 is 0 Å². The van der Waals surface area contributed by atoms with Crippen molar-refractivity contribution in [2.75, 3.05) is 7.05 Å². The van der Waals surface area contributed by atoms with E-state index in [9.17, 15) is 0 Å². The molecule has 3 aromatic rings. The quantitative estimate of drug-likeness (QED) is 0.565. The number of rotatable bonds is 4. The highest BCUT2D eigenvalue weighted by Crippen LogP contribution is 2.14. The normalized spacial score (nSPS) is 11.0. The van der Waals surface area contributed by atoms with Crippen LogP contribution in [-0.2, 0) is 0 Å². The molecule has 0 spiro atoms. The summed E-state index contributed by atoms with van der Waals surface area (Å²) in [4.78, 5) is 3.82. The van der Waals surface area contributed by atoms with Gasteiger partial charge in [-0.2, -0.15) is 5.10 Å². The maximum Gasteiger partial charge on any atom is 0.108 e. The summed E-state index contributed by atoms with van der Waals surface area (Å²) in [6, 6.07) is 21.6. The van der Waals surface area contributed by atoms with Crippen molar-refractivity contribution < 1.29 is 0 Å². The van der Waals surface area contributed by atoms with Gasteiger partial charge in [0.15, 0.2) is 0 Å². The van der Waals surface area contributed by atoms with Crippen molar-refractivity contribution >= 4 is 18.3 Å². The number of allylic oxidation sites excluding steroid dienone is 1. The van der Waals surface area contributed by atoms with Crippen molar-refractivity contribution in [1.29, 1.82) is 5.41 Å². The van der Waals surface area contributed by atoms with E-state index in [0.717, 1.165) is 22.5 Å². The van der Waals surface area contributed by atoms with Crippen molar-refractivity contribution in [3.05, 3.63) is 84.6 Å². The molecule has 1 aromatic heterocycles. The van der Waals surface area contributed by atoms with Crippen LogP contribution in [0.2, 0.25) is 0 Å². The van der Waals surface area contributed by atoms with Gasteiger partial charge in [0.25, 0.3) is 0 Å².